The SMILES string of the molecule is CCCCCCC#CN(CCc1cn(C#CCCCCCC)c2ccccc12)S(=O)(=O)c1ccc([N+](=O)[O-])cc1. The Balaban J connectivity index is 1.84. The summed E-state index contributed by atoms with van der Waals surface area (Å²) in [5, 5.41) is 12.1. The fourth-order valence-corrected chi connectivity index (χ4v) is 5.68. The van der Waals surface area contributed by atoms with E-state index in [2.05, 4.69) is 37.8 Å². The van der Waals surface area contributed by atoms with Gasteiger partial charge in [-0.15, -0.1) is 0 Å². The Labute approximate surface area is 238 Å². The van der Waals surface area contributed by atoms with Crippen molar-refractivity contribution in [1.29, 1.82) is 0 Å². The lowest BCUT2D eigenvalue weighted by Crippen LogP contribution is -2.28. The van der Waals surface area contributed by atoms with Gasteiger partial charge < -0.3 is 0 Å². The van der Waals surface area contributed by atoms with Crippen LogP contribution in [0.1, 0.15) is 83.6 Å². The van der Waals surface area contributed by atoms with Gasteiger partial charge in [0.25, 0.3) is 15.7 Å². The molecule has 7 nitrogen and oxygen atoms in total. The molecular formula is C32H39N3O4S. The van der Waals surface area contributed by atoms with Crippen LogP contribution in [0.15, 0.2) is 59.6 Å². The Kier molecular flexibility index (Phi) is 12.1. The normalized spacial score (nSPS) is 10.9. The highest BCUT2D eigenvalue weighted by Crippen LogP contribution is 2.24. The lowest BCUT2D eigenvalue weighted by Gasteiger charge is -2.18. The molecule has 3 aromatic rings. The van der Waals surface area contributed by atoms with Gasteiger partial charge in [0.05, 0.1) is 15.3 Å². The average molecular weight is 562 g/mol. The van der Waals surface area contributed by atoms with E-state index >= 15 is 0 Å². The topological polar surface area (TPSA) is 85.5 Å². The van der Waals surface area contributed by atoms with Crippen LogP contribution in [0.25, 0.3) is 10.9 Å². The number of aromatic nitrogens is 1. The molecule has 212 valence electrons. The Morgan fingerprint density at radius 2 is 1.52 bits per heavy atom. The van der Waals surface area contributed by atoms with E-state index in [4.69, 9.17) is 0 Å². The van der Waals surface area contributed by atoms with Crippen LogP contribution in [0.5, 0.6) is 0 Å². The van der Waals surface area contributed by atoms with Crippen molar-refractivity contribution < 1.29 is 13.3 Å². The zero-order chi connectivity index (χ0) is 28.8. The van der Waals surface area contributed by atoms with Crippen molar-refractivity contribution in [3.05, 3.63) is 70.4 Å². The molecule has 1 heterocycles. The Bertz CT molecular complexity index is 1490. The van der Waals surface area contributed by atoms with Gasteiger partial charge in [0, 0.05) is 55.2 Å². The number of benzene rings is 2. The largest absolute Gasteiger partial charge is 0.276 e. The van der Waals surface area contributed by atoms with E-state index in [0.29, 0.717) is 12.8 Å². The first-order valence-electron chi connectivity index (χ1n) is 14.2. The molecule has 0 N–H and O–H groups in total. The fourth-order valence-electron chi connectivity index (χ4n) is 4.43. The zero-order valence-electron chi connectivity index (χ0n) is 23.6. The molecule has 2 aromatic carbocycles. The highest BCUT2D eigenvalue weighted by molar-refractivity contribution is 7.89. The lowest BCUT2D eigenvalue weighted by atomic mass is 10.1. The summed E-state index contributed by atoms with van der Waals surface area (Å²) >= 11 is 0. The van der Waals surface area contributed by atoms with E-state index in [1.165, 1.54) is 47.8 Å². The van der Waals surface area contributed by atoms with E-state index in [1.807, 2.05) is 35.0 Å². The minimum atomic E-state index is -3.98. The van der Waals surface area contributed by atoms with Gasteiger partial charge in [0.15, 0.2) is 0 Å². The molecule has 0 fully saturated rings. The van der Waals surface area contributed by atoms with E-state index in [-0.39, 0.29) is 17.1 Å². The van der Waals surface area contributed by atoms with Crippen molar-refractivity contribution in [2.24, 2.45) is 0 Å². The van der Waals surface area contributed by atoms with E-state index in [0.717, 1.165) is 55.0 Å². The van der Waals surface area contributed by atoms with Gasteiger partial charge >= 0.3 is 0 Å². The van der Waals surface area contributed by atoms with Gasteiger partial charge in [-0.2, -0.15) is 0 Å². The Morgan fingerprint density at radius 3 is 2.17 bits per heavy atom. The van der Waals surface area contributed by atoms with Crippen LogP contribution in [-0.4, -0.2) is 28.8 Å². The summed E-state index contributed by atoms with van der Waals surface area (Å²) in [4.78, 5) is 10.5. The summed E-state index contributed by atoms with van der Waals surface area (Å²) in [7, 11) is -3.98. The predicted octanol–water partition coefficient (Wildman–Crippen LogP) is 7.49. The number of nitrogens with zero attached hydrogens (tertiary/aromatic N) is 3. The van der Waals surface area contributed by atoms with Crippen LogP contribution in [0, 0.1) is 34.0 Å². The summed E-state index contributed by atoms with van der Waals surface area (Å²) in [6.07, 6.45) is 12.8. The van der Waals surface area contributed by atoms with Gasteiger partial charge in [-0.3, -0.25) is 14.7 Å². The minimum Gasteiger partial charge on any atom is -0.276 e. The maximum Gasteiger partial charge on any atom is 0.270 e. The summed E-state index contributed by atoms with van der Waals surface area (Å²) < 4.78 is 30.2. The molecule has 0 radical (unpaired) electrons. The maximum absolute atomic E-state index is 13.5. The van der Waals surface area contributed by atoms with Gasteiger partial charge in [-0.25, -0.2) is 12.7 Å². The summed E-state index contributed by atoms with van der Waals surface area (Å²) in [6, 6.07) is 19.1. The first-order chi connectivity index (χ1) is 19.4. The van der Waals surface area contributed by atoms with Crippen molar-refractivity contribution in [3.8, 4) is 23.9 Å². The third-order valence-corrected chi connectivity index (χ3v) is 8.45. The predicted molar refractivity (Wildman–Crippen MR) is 161 cm³/mol. The number of nitro groups is 1. The number of rotatable bonds is 14. The molecule has 0 atom stereocenters. The summed E-state index contributed by atoms with van der Waals surface area (Å²) in [5.41, 5.74) is 1.82. The second-order valence-electron chi connectivity index (χ2n) is 9.82. The number of non-ortho nitro benzene ring substituents is 1. The monoisotopic (exact) mass is 561 g/mol. The highest BCUT2D eigenvalue weighted by Gasteiger charge is 2.23. The molecule has 40 heavy (non-hydrogen) atoms. The van der Waals surface area contributed by atoms with Gasteiger partial charge in [0.2, 0.25) is 0 Å². The fraction of sp³-hybridized carbons (Fsp3) is 0.438. The van der Waals surface area contributed by atoms with Crippen LogP contribution in [0.3, 0.4) is 0 Å². The van der Waals surface area contributed by atoms with Crippen LogP contribution in [0.2, 0.25) is 0 Å². The number of para-hydroxylation sites is 1. The van der Waals surface area contributed by atoms with Gasteiger partial charge in [-0.1, -0.05) is 82.4 Å². The van der Waals surface area contributed by atoms with Crippen molar-refractivity contribution in [3.63, 3.8) is 0 Å². The number of unbranched alkanes of at least 4 members (excludes halogenated alkanes) is 8. The van der Waals surface area contributed by atoms with Gasteiger partial charge in [0.1, 0.15) is 0 Å². The molecule has 0 amide bonds. The quantitative estimate of drug-likeness (QED) is 0.0671. The molecular weight excluding hydrogens is 522 g/mol. The number of sulfonamides is 1. The second-order valence-corrected chi connectivity index (χ2v) is 11.7. The molecule has 0 spiro atoms. The first kappa shape index (κ1) is 30.8. The average Bonchev–Trinajstić information content (AvgIpc) is 3.31. The van der Waals surface area contributed by atoms with Crippen LogP contribution >= 0.6 is 0 Å². The molecule has 1 aromatic heterocycles. The molecule has 0 saturated carbocycles. The Morgan fingerprint density at radius 1 is 0.875 bits per heavy atom. The van der Waals surface area contributed by atoms with Crippen LogP contribution in [0.4, 0.5) is 5.69 Å². The third-order valence-electron chi connectivity index (χ3n) is 6.73. The highest BCUT2D eigenvalue weighted by atomic mass is 32.2. The molecule has 8 heteroatoms. The zero-order valence-corrected chi connectivity index (χ0v) is 24.4. The smallest absolute Gasteiger partial charge is 0.270 e. The summed E-state index contributed by atoms with van der Waals surface area (Å²) in [6.45, 7) is 4.48. The molecule has 0 aliphatic rings. The number of hydrogen-bond donors (Lipinski definition) is 0. The molecule has 3 rings (SSSR count). The van der Waals surface area contributed by atoms with Crippen molar-refractivity contribution in [1.82, 2.24) is 8.87 Å². The number of fused-ring (bicyclic) bond motifs is 1. The molecule has 0 saturated heterocycles. The van der Waals surface area contributed by atoms with Crippen molar-refractivity contribution >= 4 is 26.6 Å². The first-order valence-corrected chi connectivity index (χ1v) is 15.7. The molecule has 0 aliphatic carbocycles. The molecule has 0 aliphatic heterocycles. The third kappa shape index (κ3) is 8.63. The van der Waals surface area contributed by atoms with Gasteiger partial charge in [-0.05, 0) is 43.0 Å². The Hall–Kier alpha value is -3.75. The lowest BCUT2D eigenvalue weighted by molar-refractivity contribution is -0.384. The standard InChI is InChI=1S/C32H39N3O4S/c1-3-5-7-9-11-15-24-33-27-28(31-17-13-14-18-32(31)33)23-26-34(25-16-12-10-8-6-4-2)40(38,39)30-21-19-29(20-22-30)35(36)37/h13-14,17-22,27H,3-12,23,26H2,1-2H3. The number of nitro benzene ring substituents is 1. The summed E-state index contributed by atoms with van der Waals surface area (Å²) in [5.74, 6) is 6.31. The number of hydrogen-bond acceptors (Lipinski definition) is 4. The molecule has 0 bridgehead atoms. The van der Waals surface area contributed by atoms with Crippen molar-refractivity contribution in [2.75, 3.05) is 6.54 Å². The second kappa shape index (κ2) is 15.7. The van der Waals surface area contributed by atoms with E-state index < -0.39 is 14.9 Å². The van der Waals surface area contributed by atoms with Crippen LogP contribution in [-0.2, 0) is 16.4 Å². The van der Waals surface area contributed by atoms with E-state index in [1.54, 1.807) is 0 Å². The van der Waals surface area contributed by atoms with Crippen LogP contribution < -0.4 is 0 Å². The van der Waals surface area contributed by atoms with Crippen molar-refractivity contribution in [2.45, 2.75) is 89.4 Å². The maximum atomic E-state index is 13.5. The molecule has 0 unspecified atom stereocenters. The van der Waals surface area contributed by atoms with E-state index in [9.17, 15) is 18.5 Å². The minimum absolute atomic E-state index is 0.0187.